The van der Waals surface area contributed by atoms with Crippen LogP contribution in [0.1, 0.15) is 24.5 Å². The standard InChI is InChI=1S/C14H21NO2/c1-2-14(9-16,10-17)15-13-7-11-5-3-4-6-12(11)8-13/h3-6,13,15-17H,2,7-10H2,1H3. The largest absolute Gasteiger partial charge is 0.394 e. The lowest BCUT2D eigenvalue weighted by atomic mass is 9.96. The van der Waals surface area contributed by atoms with Crippen LogP contribution in [-0.4, -0.2) is 35.0 Å². The van der Waals surface area contributed by atoms with E-state index in [9.17, 15) is 10.2 Å². The number of hydrogen-bond donors (Lipinski definition) is 3. The number of aliphatic hydroxyl groups excluding tert-OH is 2. The summed E-state index contributed by atoms with van der Waals surface area (Å²) >= 11 is 0. The van der Waals surface area contributed by atoms with Gasteiger partial charge in [-0.1, -0.05) is 31.2 Å². The molecule has 2 rings (SSSR count). The highest BCUT2D eigenvalue weighted by Crippen LogP contribution is 2.23. The second-order valence-corrected chi connectivity index (χ2v) is 4.97. The SMILES string of the molecule is CCC(CO)(CO)NC1Cc2ccccc2C1. The van der Waals surface area contributed by atoms with Crippen LogP contribution in [0.3, 0.4) is 0 Å². The van der Waals surface area contributed by atoms with Gasteiger partial charge in [0.15, 0.2) is 0 Å². The minimum Gasteiger partial charge on any atom is -0.394 e. The molecule has 0 fully saturated rings. The highest BCUT2D eigenvalue weighted by Gasteiger charge is 2.31. The molecule has 1 aromatic rings. The zero-order valence-electron chi connectivity index (χ0n) is 10.3. The second-order valence-electron chi connectivity index (χ2n) is 4.97. The predicted molar refractivity (Wildman–Crippen MR) is 68.0 cm³/mol. The molecule has 0 bridgehead atoms. The third-order valence-electron chi connectivity index (χ3n) is 3.84. The van der Waals surface area contributed by atoms with Crippen molar-refractivity contribution in [1.29, 1.82) is 0 Å². The number of fused-ring (bicyclic) bond motifs is 1. The van der Waals surface area contributed by atoms with E-state index in [2.05, 4.69) is 29.6 Å². The number of nitrogens with one attached hydrogen (secondary N) is 1. The van der Waals surface area contributed by atoms with Gasteiger partial charge in [0, 0.05) is 6.04 Å². The molecule has 0 atom stereocenters. The molecule has 0 aliphatic heterocycles. The van der Waals surface area contributed by atoms with E-state index in [0.29, 0.717) is 6.04 Å². The van der Waals surface area contributed by atoms with Crippen molar-refractivity contribution in [1.82, 2.24) is 5.32 Å². The fourth-order valence-electron chi connectivity index (χ4n) is 2.56. The molecule has 1 aliphatic rings. The maximum absolute atomic E-state index is 9.43. The predicted octanol–water partition coefficient (Wildman–Crippen LogP) is 0.877. The number of rotatable bonds is 5. The van der Waals surface area contributed by atoms with E-state index in [0.717, 1.165) is 19.3 Å². The van der Waals surface area contributed by atoms with Crippen molar-refractivity contribution >= 4 is 0 Å². The first-order valence-electron chi connectivity index (χ1n) is 6.29. The average Bonchev–Trinajstić information content (AvgIpc) is 2.78. The first-order valence-corrected chi connectivity index (χ1v) is 6.29. The quantitative estimate of drug-likeness (QED) is 0.710. The molecule has 3 nitrogen and oxygen atoms in total. The van der Waals surface area contributed by atoms with Crippen molar-refractivity contribution in [2.45, 2.75) is 37.8 Å². The Hall–Kier alpha value is -0.900. The lowest BCUT2D eigenvalue weighted by Gasteiger charge is -2.33. The minimum absolute atomic E-state index is 0.0210. The maximum Gasteiger partial charge on any atom is 0.0647 e. The van der Waals surface area contributed by atoms with E-state index in [-0.39, 0.29) is 13.2 Å². The second kappa shape index (κ2) is 5.17. The van der Waals surface area contributed by atoms with Gasteiger partial charge in [-0.25, -0.2) is 0 Å². The average molecular weight is 235 g/mol. The van der Waals surface area contributed by atoms with Gasteiger partial charge < -0.3 is 15.5 Å². The Bertz CT molecular complexity index is 341. The maximum atomic E-state index is 9.43. The summed E-state index contributed by atoms with van der Waals surface area (Å²) < 4.78 is 0. The molecule has 0 unspecified atom stereocenters. The summed E-state index contributed by atoms with van der Waals surface area (Å²) in [4.78, 5) is 0. The van der Waals surface area contributed by atoms with E-state index in [1.807, 2.05) is 6.92 Å². The molecule has 0 saturated heterocycles. The zero-order valence-corrected chi connectivity index (χ0v) is 10.3. The molecule has 0 amide bonds. The Morgan fingerprint density at radius 3 is 2.12 bits per heavy atom. The molecule has 0 aromatic heterocycles. The number of aliphatic hydroxyl groups is 2. The van der Waals surface area contributed by atoms with Crippen LogP contribution in [0.5, 0.6) is 0 Å². The van der Waals surface area contributed by atoms with Crippen LogP contribution in [0.2, 0.25) is 0 Å². The summed E-state index contributed by atoms with van der Waals surface area (Å²) in [5.74, 6) is 0. The van der Waals surface area contributed by atoms with Crippen LogP contribution in [0, 0.1) is 0 Å². The van der Waals surface area contributed by atoms with Crippen molar-refractivity contribution in [3.8, 4) is 0 Å². The summed E-state index contributed by atoms with van der Waals surface area (Å²) in [7, 11) is 0. The van der Waals surface area contributed by atoms with E-state index in [1.165, 1.54) is 11.1 Å². The molecule has 94 valence electrons. The van der Waals surface area contributed by atoms with Gasteiger partial charge in [-0.05, 0) is 30.4 Å². The highest BCUT2D eigenvalue weighted by atomic mass is 16.3. The zero-order chi connectivity index (χ0) is 12.3. The van der Waals surface area contributed by atoms with Crippen molar-refractivity contribution in [3.63, 3.8) is 0 Å². The molecule has 3 heteroatoms. The Labute approximate surface area is 102 Å². The fraction of sp³-hybridized carbons (Fsp3) is 0.571. The fourth-order valence-corrected chi connectivity index (χ4v) is 2.56. The molecular formula is C14H21NO2. The van der Waals surface area contributed by atoms with E-state index in [4.69, 9.17) is 0 Å². The highest BCUT2D eigenvalue weighted by molar-refractivity contribution is 5.33. The lowest BCUT2D eigenvalue weighted by Crippen LogP contribution is -2.55. The molecule has 0 saturated carbocycles. The van der Waals surface area contributed by atoms with Crippen LogP contribution in [0.25, 0.3) is 0 Å². The van der Waals surface area contributed by atoms with Crippen molar-refractivity contribution in [2.24, 2.45) is 0 Å². The molecular weight excluding hydrogens is 214 g/mol. The third-order valence-corrected chi connectivity index (χ3v) is 3.84. The molecule has 17 heavy (non-hydrogen) atoms. The first-order chi connectivity index (χ1) is 8.23. The minimum atomic E-state index is -0.535. The topological polar surface area (TPSA) is 52.5 Å². The van der Waals surface area contributed by atoms with Crippen LogP contribution in [-0.2, 0) is 12.8 Å². The van der Waals surface area contributed by atoms with E-state index in [1.54, 1.807) is 0 Å². The summed E-state index contributed by atoms with van der Waals surface area (Å²) in [6.45, 7) is 1.95. The van der Waals surface area contributed by atoms with Crippen molar-refractivity contribution in [2.75, 3.05) is 13.2 Å². The van der Waals surface area contributed by atoms with E-state index >= 15 is 0 Å². The van der Waals surface area contributed by atoms with Crippen molar-refractivity contribution in [3.05, 3.63) is 35.4 Å². The monoisotopic (exact) mass is 235 g/mol. The number of hydrogen-bond acceptors (Lipinski definition) is 3. The summed E-state index contributed by atoms with van der Waals surface area (Å²) in [5, 5.41) is 22.3. The van der Waals surface area contributed by atoms with Gasteiger partial charge in [-0.3, -0.25) is 0 Å². The van der Waals surface area contributed by atoms with Gasteiger partial charge in [-0.15, -0.1) is 0 Å². The van der Waals surface area contributed by atoms with Gasteiger partial charge in [0.25, 0.3) is 0 Å². The van der Waals surface area contributed by atoms with Crippen molar-refractivity contribution < 1.29 is 10.2 Å². The van der Waals surface area contributed by atoms with Crippen LogP contribution < -0.4 is 5.32 Å². The number of benzene rings is 1. The smallest absolute Gasteiger partial charge is 0.0647 e. The first kappa shape index (κ1) is 12.6. The third kappa shape index (κ3) is 2.51. The van der Waals surface area contributed by atoms with E-state index < -0.39 is 5.54 Å². The van der Waals surface area contributed by atoms with Gasteiger partial charge >= 0.3 is 0 Å². The van der Waals surface area contributed by atoms with Gasteiger partial charge in [0.1, 0.15) is 0 Å². The van der Waals surface area contributed by atoms with Crippen LogP contribution in [0.15, 0.2) is 24.3 Å². The lowest BCUT2D eigenvalue weighted by molar-refractivity contribution is 0.0784. The van der Waals surface area contributed by atoms with Crippen LogP contribution >= 0.6 is 0 Å². The Balaban J connectivity index is 2.04. The summed E-state index contributed by atoms with van der Waals surface area (Å²) in [6, 6.07) is 8.76. The molecule has 0 radical (unpaired) electrons. The summed E-state index contributed by atoms with van der Waals surface area (Å²) in [6.07, 6.45) is 2.70. The van der Waals surface area contributed by atoms with Crippen LogP contribution in [0.4, 0.5) is 0 Å². The molecule has 3 N–H and O–H groups in total. The van der Waals surface area contributed by atoms with Gasteiger partial charge in [0.05, 0.1) is 18.8 Å². The normalized spacial score (nSPS) is 16.2. The Kier molecular flexibility index (Phi) is 3.82. The Morgan fingerprint density at radius 2 is 1.71 bits per heavy atom. The molecule has 1 aliphatic carbocycles. The Morgan fingerprint density at radius 1 is 1.18 bits per heavy atom. The molecule has 1 aromatic carbocycles. The molecule has 0 spiro atoms. The van der Waals surface area contributed by atoms with Gasteiger partial charge in [0.2, 0.25) is 0 Å². The van der Waals surface area contributed by atoms with Gasteiger partial charge in [-0.2, -0.15) is 0 Å². The summed E-state index contributed by atoms with van der Waals surface area (Å²) in [5.41, 5.74) is 2.23. The molecule has 0 heterocycles.